The monoisotopic (exact) mass is 582 g/mol. The number of hydrogen-bond donors (Lipinski definition) is 2. The molecule has 0 rings (SSSR count). The molecule has 0 amide bonds. The molecule has 0 aromatic heterocycles. The summed E-state index contributed by atoms with van der Waals surface area (Å²) >= 11 is 6.82. The number of carbonyl (C=O) groups excluding carboxylic acids is 1. The number of rotatable bonds is 19. The van der Waals surface area contributed by atoms with Gasteiger partial charge < -0.3 is 14.9 Å². The lowest BCUT2D eigenvalue weighted by Gasteiger charge is -2.09. The summed E-state index contributed by atoms with van der Waals surface area (Å²) in [4.78, 5) is 32.8. The maximum absolute atomic E-state index is 11.5. The number of carboxylic acids is 2. The highest BCUT2D eigenvalue weighted by Gasteiger charge is 2.19. The van der Waals surface area contributed by atoms with Crippen LogP contribution in [0.3, 0.4) is 0 Å². The number of esters is 1. The molecule has 0 heterocycles. The molecule has 0 aromatic rings. The van der Waals surface area contributed by atoms with Crippen molar-refractivity contribution in [2.24, 2.45) is 0 Å². The topological polar surface area (TPSA) is 101 Å². The van der Waals surface area contributed by atoms with Gasteiger partial charge in [0.15, 0.2) is 0 Å². The molecule has 6 nitrogen and oxygen atoms in total. The molecule has 0 unspecified atom stereocenters. The van der Waals surface area contributed by atoms with Gasteiger partial charge in [0.1, 0.15) is 0 Å². The van der Waals surface area contributed by atoms with Gasteiger partial charge in [0, 0.05) is 28.7 Å². The number of carbonyl (C=O) groups is 3. The molecule has 0 radical (unpaired) electrons. The summed E-state index contributed by atoms with van der Waals surface area (Å²) in [5.74, 6) is -2.47. The Morgan fingerprint density at radius 2 is 1.00 bits per heavy atom. The van der Waals surface area contributed by atoms with Gasteiger partial charge in [0.25, 0.3) is 0 Å². The Kier molecular flexibility index (Phi) is 25.3. The summed E-state index contributed by atoms with van der Waals surface area (Å²) < 4.78 is 4.17. The van der Waals surface area contributed by atoms with Crippen LogP contribution in [0.1, 0.15) is 96.8 Å². The molecule has 0 aliphatic heterocycles. The zero-order valence-electron chi connectivity index (χ0n) is 19.4. The molecule has 0 fully saturated rings. The average molecular weight is 584 g/mol. The van der Waals surface area contributed by atoms with Crippen molar-refractivity contribution < 1.29 is 29.3 Å². The predicted molar refractivity (Wildman–Crippen MR) is 136 cm³/mol. The van der Waals surface area contributed by atoms with Gasteiger partial charge in [-0.2, -0.15) is 0 Å². The minimum atomic E-state index is -1.07. The van der Waals surface area contributed by atoms with Crippen LogP contribution in [0.15, 0.2) is 24.0 Å². The van der Waals surface area contributed by atoms with Crippen molar-refractivity contribution in [1.29, 1.82) is 0 Å². The molecule has 2 N–H and O–H groups in total. The summed E-state index contributed by atoms with van der Waals surface area (Å²) in [5, 5.41) is 20.9. The van der Waals surface area contributed by atoms with Crippen LogP contribution in [0.5, 0.6) is 0 Å². The van der Waals surface area contributed by atoms with Crippen LogP contribution in [-0.4, -0.2) is 38.8 Å². The molecular formula is C24H40Br2O6. The second-order valence-corrected chi connectivity index (χ2v) is 9.05. The SMILES string of the molecule is C=COC(C)=O.O=C(O)/C(CCCCCCCCBr)=C(\CCCCCCCCBr)C(=O)O. The molecule has 0 saturated heterocycles. The van der Waals surface area contributed by atoms with Crippen LogP contribution in [0.4, 0.5) is 0 Å². The van der Waals surface area contributed by atoms with Gasteiger partial charge in [-0.25, -0.2) is 9.59 Å². The van der Waals surface area contributed by atoms with Crippen molar-refractivity contribution in [2.75, 3.05) is 10.7 Å². The molecule has 0 spiro atoms. The third-order valence-corrected chi connectivity index (χ3v) is 5.87. The summed E-state index contributed by atoms with van der Waals surface area (Å²) in [6.45, 7) is 4.48. The maximum Gasteiger partial charge on any atom is 0.332 e. The van der Waals surface area contributed by atoms with Crippen LogP contribution >= 0.6 is 31.9 Å². The predicted octanol–water partition coefficient (Wildman–Crippen LogP) is 7.40. The van der Waals surface area contributed by atoms with Gasteiger partial charge in [0.05, 0.1) is 6.26 Å². The van der Waals surface area contributed by atoms with Crippen molar-refractivity contribution in [1.82, 2.24) is 0 Å². The molecule has 0 aromatic carbocycles. The van der Waals surface area contributed by atoms with Crippen LogP contribution in [0.2, 0.25) is 0 Å². The van der Waals surface area contributed by atoms with Crippen molar-refractivity contribution >= 4 is 49.8 Å². The van der Waals surface area contributed by atoms with E-state index in [2.05, 4.69) is 43.2 Å². The van der Waals surface area contributed by atoms with E-state index in [0.717, 1.165) is 68.3 Å². The molecule has 0 aliphatic rings. The fourth-order valence-electron chi connectivity index (χ4n) is 3.10. The minimum Gasteiger partial charge on any atom is -0.478 e. The molecule has 32 heavy (non-hydrogen) atoms. The molecule has 0 atom stereocenters. The summed E-state index contributed by atoms with van der Waals surface area (Å²) in [6, 6.07) is 0. The van der Waals surface area contributed by atoms with Crippen LogP contribution in [0, 0.1) is 0 Å². The van der Waals surface area contributed by atoms with E-state index < -0.39 is 11.9 Å². The van der Waals surface area contributed by atoms with E-state index in [4.69, 9.17) is 0 Å². The summed E-state index contributed by atoms with van der Waals surface area (Å²) in [7, 11) is 0. The lowest BCUT2D eigenvalue weighted by molar-refractivity contribution is -0.136. The van der Waals surface area contributed by atoms with Crippen LogP contribution in [-0.2, 0) is 19.1 Å². The molecule has 8 heteroatoms. The van der Waals surface area contributed by atoms with Gasteiger partial charge in [-0.15, -0.1) is 0 Å². The zero-order chi connectivity index (χ0) is 24.6. The lowest BCUT2D eigenvalue weighted by Crippen LogP contribution is -2.12. The number of alkyl halides is 2. The van der Waals surface area contributed by atoms with E-state index in [1.807, 2.05) is 0 Å². The normalized spacial score (nSPS) is 11.1. The Morgan fingerprint density at radius 1 is 0.688 bits per heavy atom. The highest BCUT2D eigenvalue weighted by molar-refractivity contribution is 9.09. The Hall–Kier alpha value is -1.15. The van der Waals surface area contributed by atoms with E-state index in [1.165, 1.54) is 32.6 Å². The Bertz CT molecular complexity index is 523. The summed E-state index contributed by atoms with van der Waals surface area (Å²) in [6.07, 6.45) is 14.4. The zero-order valence-corrected chi connectivity index (χ0v) is 22.6. The standard InChI is InChI=1S/C20H34Br2O4.C4H6O2/c21-15-11-7-3-1-5-9-13-17(19(23)24)18(20(25)26)14-10-6-2-4-8-12-16-22;1-3-6-4(2)5/h1-16H2,(H,23,24)(H,25,26);3H,1H2,2H3/b18-17+;. The van der Waals surface area contributed by atoms with E-state index >= 15 is 0 Å². The van der Waals surface area contributed by atoms with Crippen molar-refractivity contribution in [3.05, 3.63) is 24.0 Å². The van der Waals surface area contributed by atoms with Crippen molar-refractivity contribution in [2.45, 2.75) is 96.8 Å². The molecule has 0 saturated carbocycles. The van der Waals surface area contributed by atoms with Gasteiger partial charge in [-0.05, 0) is 38.5 Å². The second-order valence-electron chi connectivity index (χ2n) is 7.46. The van der Waals surface area contributed by atoms with E-state index in [0.29, 0.717) is 12.8 Å². The summed E-state index contributed by atoms with van der Waals surface area (Å²) in [5.41, 5.74) is 0.217. The first-order valence-electron chi connectivity index (χ1n) is 11.4. The molecular weight excluding hydrogens is 544 g/mol. The van der Waals surface area contributed by atoms with Crippen LogP contribution < -0.4 is 0 Å². The second kappa shape index (κ2) is 24.5. The fraction of sp³-hybridized carbons (Fsp3) is 0.708. The van der Waals surface area contributed by atoms with E-state index in [1.54, 1.807) is 0 Å². The third kappa shape index (κ3) is 22.1. The highest BCUT2D eigenvalue weighted by Crippen LogP contribution is 2.21. The first-order chi connectivity index (χ1) is 15.3. The number of halogens is 2. The quantitative estimate of drug-likeness (QED) is 0.0540. The maximum atomic E-state index is 11.5. The molecule has 0 bridgehead atoms. The Balaban J connectivity index is 0. The van der Waals surface area contributed by atoms with Crippen molar-refractivity contribution in [3.63, 3.8) is 0 Å². The van der Waals surface area contributed by atoms with E-state index in [9.17, 15) is 24.6 Å². The van der Waals surface area contributed by atoms with E-state index in [-0.39, 0.29) is 17.1 Å². The molecule has 0 aliphatic carbocycles. The fourth-order valence-corrected chi connectivity index (χ4v) is 3.89. The third-order valence-electron chi connectivity index (χ3n) is 4.75. The number of unbranched alkanes of at least 4 members (excludes halogenated alkanes) is 10. The Morgan fingerprint density at radius 3 is 1.22 bits per heavy atom. The Labute approximate surface area is 210 Å². The molecule has 186 valence electrons. The van der Waals surface area contributed by atoms with Gasteiger partial charge >= 0.3 is 17.9 Å². The van der Waals surface area contributed by atoms with Crippen LogP contribution in [0.25, 0.3) is 0 Å². The smallest absolute Gasteiger partial charge is 0.332 e. The van der Waals surface area contributed by atoms with Gasteiger partial charge in [-0.3, -0.25) is 4.79 Å². The minimum absolute atomic E-state index is 0.109. The number of aliphatic carboxylic acids is 2. The lowest BCUT2D eigenvalue weighted by atomic mass is 9.96. The number of ether oxygens (including phenoxy) is 1. The van der Waals surface area contributed by atoms with Gasteiger partial charge in [0.2, 0.25) is 0 Å². The number of carboxylic acid groups (broad SMARTS) is 2. The average Bonchev–Trinajstić information content (AvgIpc) is 2.73. The number of hydrogen-bond acceptors (Lipinski definition) is 4. The van der Waals surface area contributed by atoms with Gasteiger partial charge in [-0.1, -0.05) is 89.8 Å². The largest absolute Gasteiger partial charge is 0.478 e. The first-order valence-corrected chi connectivity index (χ1v) is 13.6. The highest BCUT2D eigenvalue weighted by atomic mass is 79.9. The first kappa shape index (κ1) is 33.0. The van der Waals surface area contributed by atoms with Crippen molar-refractivity contribution in [3.8, 4) is 0 Å².